The molecule has 0 aliphatic heterocycles. The summed E-state index contributed by atoms with van der Waals surface area (Å²) in [5, 5.41) is 0.512. The quantitative estimate of drug-likeness (QED) is 0.590. The predicted molar refractivity (Wildman–Crippen MR) is 54.6 cm³/mol. The first kappa shape index (κ1) is 9.35. The minimum Gasteiger partial charge on any atom is -0.370 e. The third kappa shape index (κ3) is 2.39. The van der Waals surface area contributed by atoms with Crippen molar-refractivity contribution in [3.63, 3.8) is 0 Å². The summed E-state index contributed by atoms with van der Waals surface area (Å²) in [5.74, 6) is -0.000720. The minimum atomic E-state index is -0.000720. The number of aliphatic imine (C=N–C) groups is 1. The van der Waals surface area contributed by atoms with Crippen LogP contribution >= 0.6 is 27.5 Å². The molecule has 0 amide bonds. The van der Waals surface area contributed by atoms with E-state index in [1.807, 2.05) is 6.07 Å². The predicted octanol–water partition coefficient (Wildman–Crippen LogP) is 2.01. The topological polar surface area (TPSA) is 64.4 Å². The summed E-state index contributed by atoms with van der Waals surface area (Å²) in [6.07, 6.45) is 0. The Labute approximate surface area is 83.5 Å². The Hall–Kier alpha value is -0.740. The van der Waals surface area contributed by atoms with Crippen molar-refractivity contribution in [2.45, 2.75) is 0 Å². The molecule has 4 N–H and O–H groups in total. The molecule has 12 heavy (non-hydrogen) atoms. The molecule has 3 nitrogen and oxygen atoms in total. The van der Waals surface area contributed by atoms with Gasteiger partial charge in [0.1, 0.15) is 0 Å². The maximum Gasteiger partial charge on any atom is 0.191 e. The van der Waals surface area contributed by atoms with E-state index in [4.69, 9.17) is 23.1 Å². The van der Waals surface area contributed by atoms with Gasteiger partial charge in [0.25, 0.3) is 0 Å². The molecule has 1 aromatic rings. The zero-order valence-electron chi connectivity index (χ0n) is 6.09. The third-order valence-electron chi connectivity index (χ3n) is 1.16. The minimum absolute atomic E-state index is 0.000720. The molecule has 0 bridgehead atoms. The van der Waals surface area contributed by atoms with Crippen LogP contribution in [0, 0.1) is 0 Å². The molecule has 5 heteroatoms. The van der Waals surface area contributed by atoms with E-state index in [0.29, 0.717) is 10.7 Å². The molecule has 0 spiro atoms. The summed E-state index contributed by atoms with van der Waals surface area (Å²) in [7, 11) is 0. The average molecular weight is 249 g/mol. The highest BCUT2D eigenvalue weighted by Crippen LogP contribution is 2.27. The first-order chi connectivity index (χ1) is 5.59. The SMILES string of the molecule is NC(N)=Nc1ccc(Br)cc1Cl. The second-order valence-electron chi connectivity index (χ2n) is 2.13. The molecule has 0 aliphatic rings. The molecule has 0 heterocycles. The molecular formula is C7H7BrClN3. The zero-order chi connectivity index (χ0) is 9.14. The summed E-state index contributed by atoms with van der Waals surface area (Å²) < 4.78 is 0.891. The van der Waals surface area contributed by atoms with Crippen LogP contribution in [0.4, 0.5) is 5.69 Å². The Morgan fingerprint density at radius 3 is 2.58 bits per heavy atom. The molecule has 64 valence electrons. The maximum atomic E-state index is 5.83. The van der Waals surface area contributed by atoms with E-state index in [9.17, 15) is 0 Å². The lowest BCUT2D eigenvalue weighted by atomic mass is 10.3. The second kappa shape index (κ2) is 3.78. The largest absolute Gasteiger partial charge is 0.370 e. The first-order valence-electron chi connectivity index (χ1n) is 3.14. The monoisotopic (exact) mass is 247 g/mol. The van der Waals surface area contributed by atoms with Gasteiger partial charge in [-0.1, -0.05) is 27.5 Å². The number of halogens is 2. The number of nitrogens with zero attached hydrogens (tertiary/aromatic N) is 1. The molecule has 0 saturated carbocycles. The number of rotatable bonds is 1. The highest BCUT2D eigenvalue weighted by molar-refractivity contribution is 9.10. The summed E-state index contributed by atoms with van der Waals surface area (Å²) >= 11 is 9.09. The Morgan fingerprint density at radius 1 is 1.42 bits per heavy atom. The molecule has 0 unspecified atom stereocenters. The van der Waals surface area contributed by atoms with Crippen LogP contribution in [0.25, 0.3) is 0 Å². The Bertz CT molecular complexity index is 320. The fourth-order valence-corrected chi connectivity index (χ4v) is 1.43. The van der Waals surface area contributed by atoms with Gasteiger partial charge in [-0.3, -0.25) is 0 Å². The van der Waals surface area contributed by atoms with Crippen LogP contribution in [0.3, 0.4) is 0 Å². The molecule has 0 fully saturated rings. The first-order valence-corrected chi connectivity index (χ1v) is 4.31. The molecule has 0 aliphatic carbocycles. The summed E-state index contributed by atoms with van der Waals surface area (Å²) in [6, 6.07) is 5.27. The molecule has 0 atom stereocenters. The molecule has 0 saturated heterocycles. The standard InChI is InChI=1S/C7H7BrClN3/c8-4-1-2-6(5(9)3-4)12-7(10)11/h1-3H,(H4,10,11,12). The highest BCUT2D eigenvalue weighted by atomic mass is 79.9. The number of hydrogen-bond donors (Lipinski definition) is 2. The molecule has 1 rings (SSSR count). The second-order valence-corrected chi connectivity index (χ2v) is 3.46. The third-order valence-corrected chi connectivity index (χ3v) is 1.96. The number of guanidine groups is 1. The van der Waals surface area contributed by atoms with Gasteiger partial charge in [0, 0.05) is 4.47 Å². The van der Waals surface area contributed by atoms with E-state index in [0.717, 1.165) is 4.47 Å². The van der Waals surface area contributed by atoms with Crippen molar-refractivity contribution in [2.24, 2.45) is 16.5 Å². The van der Waals surface area contributed by atoms with Crippen molar-refractivity contribution < 1.29 is 0 Å². The van der Waals surface area contributed by atoms with Crippen molar-refractivity contribution >= 4 is 39.2 Å². The van der Waals surface area contributed by atoms with Gasteiger partial charge in [-0.15, -0.1) is 0 Å². The number of benzene rings is 1. The van der Waals surface area contributed by atoms with E-state index < -0.39 is 0 Å². The van der Waals surface area contributed by atoms with E-state index >= 15 is 0 Å². The van der Waals surface area contributed by atoms with Gasteiger partial charge in [-0.2, -0.15) is 0 Å². The van der Waals surface area contributed by atoms with Gasteiger partial charge in [0.05, 0.1) is 10.7 Å². The van der Waals surface area contributed by atoms with Crippen molar-refractivity contribution in [1.82, 2.24) is 0 Å². The molecular weight excluding hydrogens is 241 g/mol. The fraction of sp³-hybridized carbons (Fsp3) is 0. The van der Waals surface area contributed by atoms with Gasteiger partial charge in [-0.05, 0) is 18.2 Å². The number of hydrogen-bond acceptors (Lipinski definition) is 1. The van der Waals surface area contributed by atoms with Crippen molar-refractivity contribution in [2.75, 3.05) is 0 Å². The van der Waals surface area contributed by atoms with Gasteiger partial charge < -0.3 is 11.5 Å². The van der Waals surface area contributed by atoms with Crippen LogP contribution in [0.15, 0.2) is 27.7 Å². The Kier molecular flexibility index (Phi) is 2.94. The van der Waals surface area contributed by atoms with Crippen molar-refractivity contribution in [3.8, 4) is 0 Å². The lowest BCUT2D eigenvalue weighted by Gasteiger charge is -1.98. The lowest BCUT2D eigenvalue weighted by Crippen LogP contribution is -2.21. The van der Waals surface area contributed by atoms with Crippen LogP contribution in [-0.4, -0.2) is 5.96 Å². The van der Waals surface area contributed by atoms with Gasteiger partial charge in [0.15, 0.2) is 5.96 Å². The van der Waals surface area contributed by atoms with Crippen molar-refractivity contribution in [1.29, 1.82) is 0 Å². The summed E-state index contributed by atoms with van der Waals surface area (Å²) in [4.78, 5) is 3.82. The van der Waals surface area contributed by atoms with Crippen molar-refractivity contribution in [3.05, 3.63) is 27.7 Å². The van der Waals surface area contributed by atoms with Crippen LogP contribution < -0.4 is 11.5 Å². The molecule has 0 radical (unpaired) electrons. The Balaban J connectivity index is 3.10. The fourth-order valence-electron chi connectivity index (χ4n) is 0.711. The summed E-state index contributed by atoms with van der Waals surface area (Å²) in [6.45, 7) is 0. The summed E-state index contributed by atoms with van der Waals surface area (Å²) in [5.41, 5.74) is 10.9. The maximum absolute atomic E-state index is 5.83. The van der Waals surface area contributed by atoms with Crippen LogP contribution in [-0.2, 0) is 0 Å². The number of nitrogens with two attached hydrogens (primary N) is 2. The Morgan fingerprint density at radius 2 is 2.08 bits per heavy atom. The zero-order valence-corrected chi connectivity index (χ0v) is 8.43. The van der Waals surface area contributed by atoms with Crippen LogP contribution in [0.2, 0.25) is 5.02 Å². The van der Waals surface area contributed by atoms with E-state index in [-0.39, 0.29) is 5.96 Å². The van der Waals surface area contributed by atoms with Gasteiger partial charge in [0.2, 0.25) is 0 Å². The van der Waals surface area contributed by atoms with E-state index in [2.05, 4.69) is 20.9 Å². The average Bonchev–Trinajstić information content (AvgIpc) is 1.94. The lowest BCUT2D eigenvalue weighted by molar-refractivity contribution is 1.42. The normalized spacial score (nSPS) is 9.50. The highest BCUT2D eigenvalue weighted by Gasteiger charge is 1.98. The van der Waals surface area contributed by atoms with E-state index in [1.54, 1.807) is 12.1 Å². The van der Waals surface area contributed by atoms with E-state index in [1.165, 1.54) is 0 Å². The molecule has 0 aromatic heterocycles. The van der Waals surface area contributed by atoms with Crippen LogP contribution in [0.1, 0.15) is 0 Å². The van der Waals surface area contributed by atoms with Gasteiger partial charge in [-0.25, -0.2) is 4.99 Å². The smallest absolute Gasteiger partial charge is 0.191 e. The van der Waals surface area contributed by atoms with Crippen LogP contribution in [0.5, 0.6) is 0 Å². The molecule has 1 aromatic carbocycles. The van der Waals surface area contributed by atoms with Gasteiger partial charge >= 0.3 is 0 Å².